The molecule has 3 amide bonds. The van der Waals surface area contributed by atoms with Gasteiger partial charge in [0.05, 0.1) is 6.42 Å². The lowest BCUT2D eigenvalue weighted by atomic mass is 10.1. The fraction of sp³-hybridized carbons (Fsp3) is 0.286. The van der Waals surface area contributed by atoms with Gasteiger partial charge in [0, 0.05) is 25.0 Å². The predicted molar refractivity (Wildman–Crippen MR) is 104 cm³/mol. The molecule has 2 heterocycles. The molecule has 28 heavy (non-hydrogen) atoms. The number of cyclic esters (lactones) is 1. The summed E-state index contributed by atoms with van der Waals surface area (Å²) in [5.74, 6) is -0.281. The minimum Gasteiger partial charge on any atom is -0.447 e. The molecule has 1 N–H and O–H groups in total. The Hall–Kier alpha value is -3.35. The van der Waals surface area contributed by atoms with E-state index in [2.05, 4.69) is 5.32 Å². The van der Waals surface area contributed by atoms with Crippen molar-refractivity contribution in [3.63, 3.8) is 0 Å². The number of carbonyl (C=O) groups excluding carboxylic acids is 3. The zero-order valence-corrected chi connectivity index (χ0v) is 15.6. The Morgan fingerprint density at radius 2 is 1.96 bits per heavy atom. The van der Waals surface area contributed by atoms with E-state index in [1.807, 2.05) is 48.5 Å². The van der Waals surface area contributed by atoms with Gasteiger partial charge in [-0.15, -0.1) is 0 Å². The zero-order chi connectivity index (χ0) is 19.7. The zero-order valence-electron chi connectivity index (χ0n) is 15.6. The van der Waals surface area contributed by atoms with Crippen molar-refractivity contribution in [2.75, 3.05) is 30.4 Å². The number of fused-ring (bicyclic) bond motifs is 1. The number of benzene rings is 2. The average Bonchev–Trinajstić information content (AvgIpc) is 3.26. The summed E-state index contributed by atoms with van der Waals surface area (Å²) in [4.78, 5) is 39.7. The molecule has 0 aromatic heterocycles. The molecule has 2 aromatic carbocycles. The molecule has 1 fully saturated rings. The quantitative estimate of drug-likeness (QED) is 0.883. The minimum absolute atomic E-state index is 0.0305. The highest BCUT2D eigenvalue weighted by molar-refractivity contribution is 6.00. The summed E-state index contributed by atoms with van der Waals surface area (Å²) < 4.78 is 4.89. The molecule has 7 heteroatoms. The first-order valence-corrected chi connectivity index (χ1v) is 9.20. The first-order chi connectivity index (χ1) is 13.5. The Balaban J connectivity index is 1.48. The maximum absolute atomic E-state index is 12.8. The van der Waals surface area contributed by atoms with Crippen molar-refractivity contribution < 1.29 is 19.1 Å². The third kappa shape index (κ3) is 3.43. The van der Waals surface area contributed by atoms with Gasteiger partial charge in [-0.25, -0.2) is 4.79 Å². The van der Waals surface area contributed by atoms with E-state index in [1.54, 1.807) is 4.90 Å². The molecule has 0 saturated carbocycles. The maximum atomic E-state index is 12.8. The molecule has 2 aromatic rings. The molecule has 0 bridgehead atoms. The van der Waals surface area contributed by atoms with Gasteiger partial charge in [0.1, 0.15) is 12.6 Å². The lowest BCUT2D eigenvalue weighted by Gasteiger charge is -2.19. The molecular weight excluding hydrogens is 358 g/mol. The number of hydrogen-bond donors (Lipinski definition) is 1. The van der Waals surface area contributed by atoms with Crippen LogP contribution in [-0.2, 0) is 27.2 Å². The van der Waals surface area contributed by atoms with Crippen molar-refractivity contribution in [2.45, 2.75) is 18.9 Å². The first-order valence-electron chi connectivity index (χ1n) is 9.20. The van der Waals surface area contributed by atoms with Gasteiger partial charge in [0.2, 0.25) is 5.91 Å². The highest BCUT2D eigenvalue weighted by Gasteiger charge is 2.35. The van der Waals surface area contributed by atoms with Crippen molar-refractivity contribution >= 4 is 29.3 Å². The van der Waals surface area contributed by atoms with E-state index in [9.17, 15) is 14.4 Å². The fourth-order valence-corrected chi connectivity index (χ4v) is 3.55. The second-order valence-electron chi connectivity index (χ2n) is 6.99. The van der Waals surface area contributed by atoms with Crippen LogP contribution >= 0.6 is 0 Å². The number of anilines is 2. The molecule has 1 saturated heterocycles. The van der Waals surface area contributed by atoms with Crippen LogP contribution in [0.4, 0.5) is 16.2 Å². The topological polar surface area (TPSA) is 79.0 Å². The Morgan fingerprint density at radius 1 is 1.18 bits per heavy atom. The molecular formula is C21H21N3O4. The number of nitrogens with one attached hydrogen (secondary N) is 1. The Morgan fingerprint density at radius 3 is 2.68 bits per heavy atom. The van der Waals surface area contributed by atoms with Crippen LogP contribution in [0.25, 0.3) is 0 Å². The summed E-state index contributed by atoms with van der Waals surface area (Å²) in [6, 6.07) is 14.6. The number of nitrogens with zero attached hydrogens (tertiary/aromatic N) is 2. The third-order valence-electron chi connectivity index (χ3n) is 5.17. The average molecular weight is 379 g/mol. The van der Waals surface area contributed by atoms with Crippen LogP contribution < -0.4 is 10.2 Å². The van der Waals surface area contributed by atoms with Crippen molar-refractivity contribution in [1.29, 1.82) is 0 Å². The maximum Gasteiger partial charge on any atom is 0.410 e. The fourth-order valence-electron chi connectivity index (χ4n) is 3.55. The van der Waals surface area contributed by atoms with E-state index in [-0.39, 0.29) is 18.4 Å². The second kappa shape index (κ2) is 7.34. The van der Waals surface area contributed by atoms with Crippen LogP contribution in [0.3, 0.4) is 0 Å². The monoisotopic (exact) mass is 379 g/mol. The van der Waals surface area contributed by atoms with Gasteiger partial charge in [-0.2, -0.15) is 0 Å². The predicted octanol–water partition coefficient (Wildman–Crippen LogP) is 2.21. The molecule has 4 rings (SSSR count). The lowest BCUT2D eigenvalue weighted by Crippen LogP contribution is -2.40. The molecule has 0 radical (unpaired) electrons. The van der Waals surface area contributed by atoms with Gasteiger partial charge in [0.25, 0.3) is 5.91 Å². The summed E-state index contributed by atoms with van der Waals surface area (Å²) in [5, 5.41) is 2.82. The number of rotatable bonds is 4. The van der Waals surface area contributed by atoms with Crippen LogP contribution in [-0.4, -0.2) is 49.0 Å². The number of hydrogen-bond acceptors (Lipinski definition) is 4. The number of amides is 3. The van der Waals surface area contributed by atoms with Crippen LogP contribution in [0.2, 0.25) is 0 Å². The lowest BCUT2D eigenvalue weighted by molar-refractivity contribution is -0.119. The van der Waals surface area contributed by atoms with Gasteiger partial charge in [-0.1, -0.05) is 36.4 Å². The van der Waals surface area contributed by atoms with Crippen LogP contribution in [0.1, 0.15) is 11.1 Å². The molecule has 0 spiro atoms. The Labute approximate surface area is 162 Å². The highest BCUT2D eigenvalue weighted by Crippen LogP contribution is 2.31. The molecule has 144 valence electrons. The summed E-state index contributed by atoms with van der Waals surface area (Å²) in [7, 11) is 1.53. The van der Waals surface area contributed by atoms with E-state index in [1.165, 1.54) is 11.9 Å². The molecule has 1 unspecified atom stereocenters. The SMILES string of the molecule is CN1C(=O)OCC1C(=O)Nc1ccc2c(c1)N(C(=O)Cc1ccccc1)CC2. The smallest absolute Gasteiger partial charge is 0.410 e. The molecule has 7 nitrogen and oxygen atoms in total. The summed E-state index contributed by atoms with van der Waals surface area (Å²) >= 11 is 0. The summed E-state index contributed by atoms with van der Waals surface area (Å²) in [5.41, 5.74) is 3.47. The first kappa shape index (κ1) is 18.0. The van der Waals surface area contributed by atoms with E-state index in [0.29, 0.717) is 18.7 Å². The highest BCUT2D eigenvalue weighted by atomic mass is 16.6. The normalized spacial score (nSPS) is 18.0. The van der Waals surface area contributed by atoms with Crippen molar-refractivity contribution in [3.05, 3.63) is 59.7 Å². The molecule has 2 aliphatic heterocycles. The van der Waals surface area contributed by atoms with E-state index in [4.69, 9.17) is 4.74 Å². The largest absolute Gasteiger partial charge is 0.447 e. The summed E-state index contributed by atoms with van der Waals surface area (Å²) in [6.07, 6.45) is 0.618. The van der Waals surface area contributed by atoms with Crippen LogP contribution in [0.15, 0.2) is 48.5 Å². The van der Waals surface area contributed by atoms with Gasteiger partial charge in [-0.05, 0) is 29.7 Å². The number of likely N-dealkylation sites (N-methyl/N-ethyl adjacent to an activating group) is 1. The molecule has 2 aliphatic rings. The van der Waals surface area contributed by atoms with Crippen molar-refractivity contribution in [2.24, 2.45) is 0 Å². The second-order valence-corrected chi connectivity index (χ2v) is 6.99. The number of ether oxygens (including phenoxy) is 1. The van der Waals surface area contributed by atoms with Gasteiger partial charge in [0.15, 0.2) is 0 Å². The van der Waals surface area contributed by atoms with E-state index >= 15 is 0 Å². The third-order valence-corrected chi connectivity index (χ3v) is 5.17. The van der Waals surface area contributed by atoms with Crippen molar-refractivity contribution in [1.82, 2.24) is 4.90 Å². The van der Waals surface area contributed by atoms with Gasteiger partial charge < -0.3 is 15.0 Å². The van der Waals surface area contributed by atoms with Gasteiger partial charge >= 0.3 is 6.09 Å². The Kier molecular flexibility index (Phi) is 4.73. The minimum atomic E-state index is -0.656. The van der Waals surface area contributed by atoms with Crippen LogP contribution in [0.5, 0.6) is 0 Å². The van der Waals surface area contributed by atoms with Crippen molar-refractivity contribution in [3.8, 4) is 0 Å². The molecule has 1 atom stereocenters. The summed E-state index contributed by atoms with van der Waals surface area (Å²) in [6.45, 7) is 0.667. The standard InChI is InChI=1S/C21H21N3O4/c1-23-18(13-28-21(23)27)20(26)22-16-8-7-15-9-10-24(17(15)12-16)19(25)11-14-5-3-2-4-6-14/h2-8,12,18H,9-11,13H2,1H3,(H,22,26). The van der Waals surface area contributed by atoms with Crippen LogP contribution in [0, 0.1) is 0 Å². The van der Waals surface area contributed by atoms with E-state index < -0.39 is 12.1 Å². The number of carbonyl (C=O) groups is 3. The van der Waals surface area contributed by atoms with Gasteiger partial charge in [-0.3, -0.25) is 14.5 Å². The molecule has 0 aliphatic carbocycles. The Bertz CT molecular complexity index is 929. The van der Waals surface area contributed by atoms with E-state index in [0.717, 1.165) is 23.2 Å².